The molecule has 106 valence electrons. The number of benzene rings is 2. The number of halogens is 2. The Morgan fingerprint density at radius 1 is 1.33 bits per heavy atom. The van der Waals surface area contributed by atoms with Crippen LogP contribution in [-0.4, -0.2) is 4.92 Å². The monoisotopic (exact) mass is 350 g/mol. The van der Waals surface area contributed by atoms with E-state index in [1.165, 1.54) is 19.1 Å². The maximum atomic E-state index is 13.9. The van der Waals surface area contributed by atoms with Gasteiger partial charge in [-0.15, -0.1) is 0 Å². The molecule has 0 saturated heterocycles. The minimum atomic E-state index is -0.842. The third-order valence-electron chi connectivity index (χ3n) is 2.68. The molecule has 0 spiro atoms. The van der Waals surface area contributed by atoms with Gasteiger partial charge in [-0.05, 0) is 31.2 Å². The highest BCUT2D eigenvalue weighted by atomic mass is 79.9. The Morgan fingerprint density at radius 2 is 2.05 bits per heavy atom. The van der Waals surface area contributed by atoms with Crippen LogP contribution in [0.1, 0.15) is 11.1 Å². The fraction of sp³-hybridized carbons (Fsp3) is 0.0714. The second-order valence-electron chi connectivity index (χ2n) is 4.22. The summed E-state index contributed by atoms with van der Waals surface area (Å²) in [5, 5.41) is 19.6. The number of nitrogens with zero attached hydrogens (tertiary/aromatic N) is 2. The number of nitro groups is 1. The van der Waals surface area contributed by atoms with E-state index in [1.54, 1.807) is 12.1 Å². The Balaban J connectivity index is 2.41. The van der Waals surface area contributed by atoms with E-state index in [-0.39, 0.29) is 22.7 Å². The fourth-order valence-electron chi connectivity index (χ4n) is 1.73. The van der Waals surface area contributed by atoms with Crippen LogP contribution in [0.5, 0.6) is 11.5 Å². The van der Waals surface area contributed by atoms with Crippen LogP contribution in [-0.2, 0) is 0 Å². The van der Waals surface area contributed by atoms with Crippen molar-refractivity contribution >= 4 is 21.6 Å². The molecule has 0 radical (unpaired) electrons. The molecule has 0 N–H and O–H groups in total. The van der Waals surface area contributed by atoms with E-state index in [4.69, 9.17) is 10.00 Å². The molecule has 7 heteroatoms. The lowest BCUT2D eigenvalue weighted by Crippen LogP contribution is -1.96. The van der Waals surface area contributed by atoms with E-state index in [9.17, 15) is 14.5 Å². The molecule has 2 aromatic rings. The van der Waals surface area contributed by atoms with Crippen LogP contribution < -0.4 is 4.74 Å². The third-order valence-corrected chi connectivity index (χ3v) is 3.13. The van der Waals surface area contributed by atoms with Crippen molar-refractivity contribution in [3.05, 3.63) is 61.9 Å². The van der Waals surface area contributed by atoms with Gasteiger partial charge in [-0.2, -0.15) is 5.26 Å². The summed E-state index contributed by atoms with van der Waals surface area (Å²) in [6, 6.07) is 8.61. The lowest BCUT2D eigenvalue weighted by atomic mass is 10.2. The number of aryl methyl sites for hydroxylation is 1. The number of nitro benzene ring substituents is 1. The normalized spacial score (nSPS) is 10.0. The number of ether oxygens (including phenoxy) is 1. The van der Waals surface area contributed by atoms with Gasteiger partial charge in [0, 0.05) is 10.0 Å². The Morgan fingerprint density at radius 3 is 2.67 bits per heavy atom. The van der Waals surface area contributed by atoms with Crippen LogP contribution in [0.15, 0.2) is 34.8 Å². The smallest absolute Gasteiger partial charge is 0.275 e. The molecule has 0 fully saturated rings. The summed E-state index contributed by atoms with van der Waals surface area (Å²) in [5.41, 5.74) is 0.317. The lowest BCUT2D eigenvalue weighted by molar-refractivity contribution is -0.385. The van der Waals surface area contributed by atoms with Gasteiger partial charge >= 0.3 is 0 Å². The van der Waals surface area contributed by atoms with Crippen molar-refractivity contribution < 1.29 is 14.1 Å². The van der Waals surface area contributed by atoms with Crippen molar-refractivity contribution in [1.29, 1.82) is 5.26 Å². The largest absolute Gasteiger partial charge is 0.454 e. The average Bonchev–Trinajstić information content (AvgIpc) is 2.41. The molecular formula is C14H8BrFN2O3. The fourth-order valence-corrected chi connectivity index (χ4v) is 2.20. The second-order valence-corrected chi connectivity index (χ2v) is 5.13. The molecule has 0 bridgehead atoms. The van der Waals surface area contributed by atoms with Gasteiger partial charge in [0.1, 0.15) is 5.75 Å². The second kappa shape index (κ2) is 5.89. The highest BCUT2D eigenvalue weighted by Gasteiger charge is 2.17. The first kappa shape index (κ1) is 14.9. The zero-order valence-corrected chi connectivity index (χ0v) is 12.3. The number of rotatable bonds is 3. The maximum absolute atomic E-state index is 13.9. The van der Waals surface area contributed by atoms with Gasteiger partial charge in [0.05, 0.1) is 22.6 Å². The molecule has 5 nitrogen and oxygen atoms in total. The Kier molecular flexibility index (Phi) is 4.19. The van der Waals surface area contributed by atoms with Crippen molar-refractivity contribution in [2.75, 3.05) is 0 Å². The predicted molar refractivity (Wildman–Crippen MR) is 76.7 cm³/mol. The molecule has 2 rings (SSSR count). The average molecular weight is 351 g/mol. The van der Waals surface area contributed by atoms with E-state index in [0.29, 0.717) is 10.0 Å². The first-order valence-corrected chi connectivity index (χ1v) is 6.53. The van der Waals surface area contributed by atoms with E-state index < -0.39 is 10.7 Å². The summed E-state index contributed by atoms with van der Waals surface area (Å²) in [4.78, 5) is 10.1. The Hall–Kier alpha value is -2.46. The number of hydrogen-bond donors (Lipinski definition) is 0. The molecule has 0 saturated carbocycles. The van der Waals surface area contributed by atoms with Crippen molar-refractivity contribution in [3.8, 4) is 17.6 Å². The van der Waals surface area contributed by atoms with Gasteiger partial charge < -0.3 is 4.74 Å². The highest BCUT2D eigenvalue weighted by Crippen LogP contribution is 2.32. The van der Waals surface area contributed by atoms with Gasteiger partial charge in [0.2, 0.25) is 0 Å². The van der Waals surface area contributed by atoms with Crippen LogP contribution in [0.2, 0.25) is 0 Å². The molecule has 0 aliphatic heterocycles. The van der Waals surface area contributed by atoms with Crippen molar-refractivity contribution in [3.63, 3.8) is 0 Å². The minimum Gasteiger partial charge on any atom is -0.454 e. The van der Waals surface area contributed by atoms with E-state index in [2.05, 4.69) is 15.9 Å². The van der Waals surface area contributed by atoms with Gasteiger partial charge in [-0.25, -0.2) is 4.39 Å². The van der Waals surface area contributed by atoms with E-state index in [1.807, 2.05) is 6.07 Å². The summed E-state index contributed by atoms with van der Waals surface area (Å²) < 4.78 is 19.8. The summed E-state index contributed by atoms with van der Waals surface area (Å²) in [6.07, 6.45) is 0. The number of hydrogen-bond acceptors (Lipinski definition) is 4. The van der Waals surface area contributed by atoms with E-state index in [0.717, 1.165) is 6.07 Å². The summed E-state index contributed by atoms with van der Waals surface area (Å²) in [6.45, 7) is 1.49. The highest BCUT2D eigenvalue weighted by molar-refractivity contribution is 9.10. The van der Waals surface area contributed by atoms with Gasteiger partial charge in [-0.3, -0.25) is 10.1 Å². The van der Waals surface area contributed by atoms with Crippen LogP contribution in [0.3, 0.4) is 0 Å². The minimum absolute atomic E-state index is 0.139. The summed E-state index contributed by atoms with van der Waals surface area (Å²) >= 11 is 3.22. The van der Waals surface area contributed by atoms with Gasteiger partial charge in [0.15, 0.2) is 11.6 Å². The predicted octanol–water partition coefficient (Wildman–Crippen LogP) is 4.47. The Bertz CT molecular complexity index is 772. The Labute approximate surface area is 127 Å². The van der Waals surface area contributed by atoms with Crippen LogP contribution in [0.4, 0.5) is 10.1 Å². The molecular weight excluding hydrogens is 343 g/mol. The molecule has 0 atom stereocenters. The quantitative estimate of drug-likeness (QED) is 0.604. The molecule has 2 aromatic carbocycles. The lowest BCUT2D eigenvalue weighted by Gasteiger charge is -2.09. The molecule has 21 heavy (non-hydrogen) atoms. The molecule has 0 heterocycles. The van der Waals surface area contributed by atoms with Gasteiger partial charge in [-0.1, -0.05) is 15.9 Å². The van der Waals surface area contributed by atoms with Crippen LogP contribution in [0.25, 0.3) is 0 Å². The molecule has 0 aliphatic carbocycles. The molecule has 0 unspecified atom stereocenters. The van der Waals surface area contributed by atoms with Gasteiger partial charge in [0.25, 0.3) is 5.69 Å². The molecule has 0 aromatic heterocycles. The van der Waals surface area contributed by atoms with Crippen LogP contribution >= 0.6 is 15.9 Å². The summed E-state index contributed by atoms with van der Waals surface area (Å²) in [7, 11) is 0. The first-order valence-electron chi connectivity index (χ1n) is 5.74. The zero-order chi connectivity index (χ0) is 15.6. The molecule has 0 amide bonds. The summed E-state index contributed by atoms with van der Waals surface area (Å²) in [5.74, 6) is -0.723. The first-order chi connectivity index (χ1) is 9.90. The standard InChI is InChI=1S/C14H8BrFN2O3/c1-8-2-14(12(16)6-13(8)18(19)20)21-11-4-9(7-17)3-10(15)5-11/h2-6H,1H3. The maximum Gasteiger partial charge on any atom is 0.275 e. The zero-order valence-electron chi connectivity index (χ0n) is 10.8. The third kappa shape index (κ3) is 3.35. The van der Waals surface area contributed by atoms with E-state index >= 15 is 0 Å². The molecule has 0 aliphatic rings. The SMILES string of the molecule is Cc1cc(Oc2cc(Br)cc(C#N)c2)c(F)cc1[N+](=O)[O-]. The number of nitriles is 1. The van der Waals surface area contributed by atoms with Crippen molar-refractivity contribution in [1.82, 2.24) is 0 Å². The van der Waals surface area contributed by atoms with Crippen LogP contribution in [0, 0.1) is 34.2 Å². The van der Waals surface area contributed by atoms with Crippen molar-refractivity contribution in [2.45, 2.75) is 6.92 Å². The topological polar surface area (TPSA) is 76.2 Å². The van der Waals surface area contributed by atoms with Crippen molar-refractivity contribution in [2.24, 2.45) is 0 Å².